The van der Waals surface area contributed by atoms with Gasteiger partial charge in [0.1, 0.15) is 5.82 Å². The predicted molar refractivity (Wildman–Crippen MR) is 62.3 cm³/mol. The molecule has 1 heterocycles. The Labute approximate surface area is 103 Å². The fourth-order valence-electron chi connectivity index (χ4n) is 0.963. The maximum absolute atomic E-state index is 13.2. The summed E-state index contributed by atoms with van der Waals surface area (Å²) in [5.74, 6) is 0.0858. The Morgan fingerprint density at radius 2 is 2.20 bits per heavy atom. The molecule has 1 aromatic heterocycles. The summed E-state index contributed by atoms with van der Waals surface area (Å²) in [6.45, 7) is 0. The van der Waals surface area contributed by atoms with E-state index in [1.165, 1.54) is 6.07 Å². The van der Waals surface area contributed by atoms with Crippen molar-refractivity contribution in [3.63, 3.8) is 0 Å². The van der Waals surface area contributed by atoms with Crippen molar-refractivity contribution in [3.05, 3.63) is 33.6 Å². The van der Waals surface area contributed by atoms with Crippen LogP contribution in [0.5, 0.6) is 0 Å². The van der Waals surface area contributed by atoms with Gasteiger partial charge in [-0.2, -0.15) is 8.75 Å². The molecule has 2 rings (SSSR count). The topological polar surface area (TPSA) is 37.8 Å². The first-order valence-electron chi connectivity index (χ1n) is 3.87. The number of benzene rings is 1. The predicted octanol–water partition coefficient (Wildman–Crippen LogP) is 3.84. The molecule has 1 aromatic carbocycles. The van der Waals surface area contributed by atoms with E-state index < -0.39 is 0 Å². The van der Waals surface area contributed by atoms with Gasteiger partial charge in [-0.25, -0.2) is 4.39 Å². The van der Waals surface area contributed by atoms with Gasteiger partial charge < -0.3 is 5.32 Å². The minimum Gasteiger partial charge on any atom is -0.337 e. The van der Waals surface area contributed by atoms with Crippen molar-refractivity contribution >= 4 is 50.8 Å². The van der Waals surface area contributed by atoms with Crippen molar-refractivity contribution in [2.45, 2.75) is 0 Å². The van der Waals surface area contributed by atoms with E-state index >= 15 is 0 Å². The van der Waals surface area contributed by atoms with Gasteiger partial charge in [0, 0.05) is 5.69 Å². The second-order valence-corrected chi connectivity index (χ2v) is 4.40. The van der Waals surface area contributed by atoms with E-state index in [1.807, 2.05) is 0 Å². The molecule has 0 fully saturated rings. The molecule has 0 spiro atoms. The average Bonchev–Trinajstić information content (AvgIpc) is 2.59. The van der Waals surface area contributed by atoms with Crippen LogP contribution < -0.4 is 5.32 Å². The number of anilines is 2. The zero-order valence-electron chi connectivity index (χ0n) is 7.17. The lowest BCUT2D eigenvalue weighted by atomic mass is 10.3. The third kappa shape index (κ3) is 2.45. The van der Waals surface area contributed by atoms with Crippen LogP contribution in [0.15, 0.2) is 22.7 Å². The largest absolute Gasteiger partial charge is 0.337 e. The number of rotatable bonds is 2. The second-order valence-electron chi connectivity index (χ2n) is 2.66. The molecule has 15 heavy (non-hydrogen) atoms. The average molecular weight is 309 g/mol. The molecule has 0 unspecified atom stereocenters. The maximum Gasteiger partial charge on any atom is 0.187 e. The maximum atomic E-state index is 13.2. The van der Waals surface area contributed by atoms with E-state index in [0.29, 0.717) is 16.0 Å². The molecule has 2 aromatic rings. The molecule has 0 saturated heterocycles. The van der Waals surface area contributed by atoms with Crippen molar-refractivity contribution in [1.82, 2.24) is 8.75 Å². The lowest BCUT2D eigenvalue weighted by Crippen LogP contribution is -1.91. The fourth-order valence-corrected chi connectivity index (χ4v) is 1.85. The first-order valence-corrected chi connectivity index (χ1v) is 5.77. The van der Waals surface area contributed by atoms with Crippen molar-refractivity contribution in [1.29, 1.82) is 0 Å². The van der Waals surface area contributed by atoms with E-state index in [1.54, 1.807) is 12.1 Å². The van der Waals surface area contributed by atoms with E-state index in [-0.39, 0.29) is 11.0 Å². The number of halogens is 3. The van der Waals surface area contributed by atoms with Crippen LogP contribution in [0.3, 0.4) is 0 Å². The van der Waals surface area contributed by atoms with Crippen LogP contribution in [0.1, 0.15) is 0 Å². The minimum absolute atomic E-state index is 0.281. The van der Waals surface area contributed by atoms with Gasteiger partial charge in [0.25, 0.3) is 0 Å². The molecule has 78 valence electrons. The van der Waals surface area contributed by atoms with Gasteiger partial charge in [-0.1, -0.05) is 11.6 Å². The van der Waals surface area contributed by atoms with Gasteiger partial charge in [0.15, 0.2) is 11.0 Å². The summed E-state index contributed by atoms with van der Waals surface area (Å²) in [5, 5.41) is 3.15. The molecule has 0 amide bonds. The number of hydrogen-bond acceptors (Lipinski definition) is 4. The molecule has 1 N–H and O–H groups in total. The summed E-state index contributed by atoms with van der Waals surface area (Å²) in [4.78, 5) is 0. The SMILES string of the molecule is Fc1cc(Nc2nsnc2Cl)ccc1Br. The van der Waals surface area contributed by atoms with Crippen molar-refractivity contribution in [3.8, 4) is 0 Å². The molecule has 3 nitrogen and oxygen atoms in total. The number of hydrogen-bond donors (Lipinski definition) is 1. The third-order valence-corrected chi connectivity index (χ3v) is 3.17. The smallest absolute Gasteiger partial charge is 0.187 e. The number of nitrogens with zero attached hydrogens (tertiary/aromatic N) is 2. The molecule has 0 aliphatic rings. The highest BCUT2D eigenvalue weighted by molar-refractivity contribution is 9.10. The van der Waals surface area contributed by atoms with Crippen molar-refractivity contribution < 1.29 is 4.39 Å². The minimum atomic E-state index is -0.348. The first-order chi connectivity index (χ1) is 7.16. The van der Waals surface area contributed by atoms with E-state index in [0.717, 1.165) is 11.7 Å². The third-order valence-electron chi connectivity index (χ3n) is 1.63. The zero-order chi connectivity index (χ0) is 10.8. The van der Waals surface area contributed by atoms with Gasteiger partial charge in [-0.3, -0.25) is 0 Å². The van der Waals surface area contributed by atoms with Crippen molar-refractivity contribution in [2.24, 2.45) is 0 Å². The highest BCUT2D eigenvalue weighted by Crippen LogP contribution is 2.25. The van der Waals surface area contributed by atoms with E-state index in [2.05, 4.69) is 30.0 Å². The Morgan fingerprint density at radius 1 is 1.40 bits per heavy atom. The Morgan fingerprint density at radius 3 is 2.80 bits per heavy atom. The van der Waals surface area contributed by atoms with Crippen molar-refractivity contribution in [2.75, 3.05) is 5.32 Å². The van der Waals surface area contributed by atoms with Crippen LogP contribution in [-0.2, 0) is 0 Å². The number of aromatic nitrogens is 2. The van der Waals surface area contributed by atoms with E-state index in [4.69, 9.17) is 11.6 Å². The fraction of sp³-hybridized carbons (Fsp3) is 0. The second kappa shape index (κ2) is 4.42. The van der Waals surface area contributed by atoms with Gasteiger partial charge in [0.05, 0.1) is 16.2 Å². The summed E-state index contributed by atoms with van der Waals surface area (Å²) in [5.41, 5.74) is 0.574. The summed E-state index contributed by atoms with van der Waals surface area (Å²) in [6, 6.07) is 4.66. The molecule has 0 radical (unpaired) electrons. The lowest BCUT2D eigenvalue weighted by molar-refractivity contribution is 0.622. The van der Waals surface area contributed by atoms with E-state index in [9.17, 15) is 4.39 Å². The Kier molecular flexibility index (Phi) is 3.18. The van der Waals surface area contributed by atoms with Gasteiger partial charge in [-0.15, -0.1) is 0 Å². The molecule has 7 heteroatoms. The van der Waals surface area contributed by atoms with Gasteiger partial charge in [-0.05, 0) is 34.1 Å². The molecule has 0 atom stereocenters. The van der Waals surface area contributed by atoms with Crippen LogP contribution in [0.2, 0.25) is 5.15 Å². The Bertz CT molecular complexity index is 490. The summed E-state index contributed by atoms with van der Waals surface area (Å²) in [6.07, 6.45) is 0. The summed E-state index contributed by atoms with van der Waals surface area (Å²) in [7, 11) is 0. The molecular weight excluding hydrogens is 305 g/mol. The van der Waals surface area contributed by atoms with Crippen LogP contribution in [0.25, 0.3) is 0 Å². The van der Waals surface area contributed by atoms with Crippen LogP contribution in [0, 0.1) is 5.82 Å². The lowest BCUT2D eigenvalue weighted by Gasteiger charge is -2.03. The molecule has 0 aliphatic carbocycles. The molecule has 0 bridgehead atoms. The molecule has 0 saturated carbocycles. The summed E-state index contributed by atoms with van der Waals surface area (Å²) < 4.78 is 21.3. The van der Waals surface area contributed by atoms with Crippen LogP contribution >= 0.6 is 39.3 Å². The molecule has 0 aliphatic heterocycles. The summed E-state index contributed by atoms with van der Waals surface area (Å²) >= 11 is 9.79. The zero-order valence-corrected chi connectivity index (χ0v) is 10.3. The number of nitrogens with one attached hydrogen (secondary N) is 1. The highest BCUT2D eigenvalue weighted by Gasteiger charge is 2.06. The monoisotopic (exact) mass is 307 g/mol. The van der Waals surface area contributed by atoms with Crippen LogP contribution in [-0.4, -0.2) is 8.75 Å². The van der Waals surface area contributed by atoms with Crippen LogP contribution in [0.4, 0.5) is 15.9 Å². The highest BCUT2D eigenvalue weighted by atomic mass is 79.9. The normalized spacial score (nSPS) is 10.3. The van der Waals surface area contributed by atoms with Gasteiger partial charge >= 0.3 is 0 Å². The Balaban J connectivity index is 2.25. The standard InChI is InChI=1S/C8H4BrClFN3S/c9-5-2-1-4(3-6(5)11)12-8-7(10)13-15-14-8/h1-3H,(H,12,14). The molecular formula is C8H4BrClFN3S. The first kappa shape index (κ1) is 10.8. The Hall–Kier alpha value is -0.720. The van der Waals surface area contributed by atoms with Gasteiger partial charge in [0.2, 0.25) is 0 Å². The quantitative estimate of drug-likeness (QED) is 0.916.